The fourth-order valence-corrected chi connectivity index (χ4v) is 9.56. The summed E-state index contributed by atoms with van der Waals surface area (Å²) >= 11 is 0. The van der Waals surface area contributed by atoms with Crippen molar-refractivity contribution in [3.8, 4) is 0 Å². The van der Waals surface area contributed by atoms with Gasteiger partial charge in [0.15, 0.2) is 6.10 Å². The molecule has 0 rings (SSSR count). The molecule has 1 unspecified atom stereocenters. The van der Waals surface area contributed by atoms with Gasteiger partial charge in [0.25, 0.3) is 0 Å². The van der Waals surface area contributed by atoms with Crippen molar-refractivity contribution < 1.29 is 28.6 Å². The molecule has 0 N–H and O–H groups in total. The second kappa shape index (κ2) is 61.9. The molecule has 0 spiro atoms. The number of allylic oxidation sites excluding steroid dienone is 8. The molecule has 0 fully saturated rings. The molecule has 0 aliphatic heterocycles. The van der Waals surface area contributed by atoms with Gasteiger partial charge in [0.2, 0.25) is 0 Å². The smallest absolute Gasteiger partial charge is 0.306 e. The molecule has 0 aliphatic rings. The first kappa shape index (κ1) is 70.4. The summed E-state index contributed by atoms with van der Waals surface area (Å²) in [5.41, 5.74) is 0. The predicted octanol–water partition coefficient (Wildman–Crippen LogP) is 21.8. The van der Waals surface area contributed by atoms with E-state index in [2.05, 4.69) is 69.4 Å². The van der Waals surface area contributed by atoms with Crippen LogP contribution in [0.25, 0.3) is 0 Å². The Balaban J connectivity index is 4.20. The molecule has 73 heavy (non-hydrogen) atoms. The standard InChI is InChI=1S/C67H122O6/c1-4-7-10-13-16-19-22-25-27-28-29-30-31-32-33-34-35-36-37-38-40-42-45-48-51-54-57-60-66(69)72-63-64(62-71-65(68)59-56-53-50-47-44-41-24-21-18-15-12-9-6-3)73-67(70)61-58-55-52-49-46-43-39-26-23-20-17-14-11-8-5-2/h7,10,16,19,25,27,29-30,64H,4-6,8-9,11-15,17-18,20-24,26,28,31-63H2,1-3H3/b10-7-,19-16-,27-25-,30-29-. The summed E-state index contributed by atoms with van der Waals surface area (Å²) in [6.45, 7) is 6.58. The second-order valence-corrected chi connectivity index (χ2v) is 21.7. The zero-order valence-electron chi connectivity index (χ0n) is 48.9. The SMILES string of the molecule is CC/C=C\C/C=C\C/C=C\C/C=C\CCCCCCCCCCCCCCCCC(=O)OCC(COC(=O)CCCCCCCCCCCCCCC)OC(=O)CCCCCCCCCCCCCCCCC. The maximum atomic E-state index is 12.9. The van der Waals surface area contributed by atoms with Crippen molar-refractivity contribution in [2.24, 2.45) is 0 Å². The molecular formula is C67H122O6. The Morgan fingerprint density at radius 3 is 0.836 bits per heavy atom. The Hall–Kier alpha value is -2.63. The van der Waals surface area contributed by atoms with Crippen LogP contribution in [0, 0.1) is 0 Å². The van der Waals surface area contributed by atoms with Gasteiger partial charge in [-0.15, -0.1) is 0 Å². The number of carbonyl (C=O) groups is 3. The average molecular weight is 1020 g/mol. The molecule has 426 valence electrons. The van der Waals surface area contributed by atoms with Gasteiger partial charge in [0, 0.05) is 19.3 Å². The van der Waals surface area contributed by atoms with Crippen molar-refractivity contribution in [2.75, 3.05) is 13.2 Å². The Morgan fingerprint density at radius 1 is 0.288 bits per heavy atom. The van der Waals surface area contributed by atoms with Crippen LogP contribution in [-0.4, -0.2) is 37.2 Å². The maximum Gasteiger partial charge on any atom is 0.306 e. The highest BCUT2D eigenvalue weighted by molar-refractivity contribution is 5.71. The molecule has 0 bridgehead atoms. The molecule has 6 nitrogen and oxygen atoms in total. The van der Waals surface area contributed by atoms with Gasteiger partial charge < -0.3 is 14.2 Å². The van der Waals surface area contributed by atoms with Gasteiger partial charge in [-0.3, -0.25) is 14.4 Å². The highest BCUT2D eigenvalue weighted by Crippen LogP contribution is 2.18. The van der Waals surface area contributed by atoms with E-state index < -0.39 is 6.10 Å². The number of ether oxygens (including phenoxy) is 3. The van der Waals surface area contributed by atoms with Gasteiger partial charge in [-0.05, 0) is 57.8 Å². The number of hydrogen-bond donors (Lipinski definition) is 0. The molecule has 0 aliphatic carbocycles. The summed E-state index contributed by atoms with van der Waals surface area (Å²) in [6, 6.07) is 0. The van der Waals surface area contributed by atoms with Crippen molar-refractivity contribution in [3.63, 3.8) is 0 Å². The van der Waals surface area contributed by atoms with Crippen LogP contribution in [0.1, 0.15) is 342 Å². The zero-order chi connectivity index (χ0) is 52.9. The Bertz CT molecular complexity index is 1270. The Morgan fingerprint density at radius 2 is 0.534 bits per heavy atom. The quantitative estimate of drug-likeness (QED) is 0.0261. The van der Waals surface area contributed by atoms with Crippen LogP contribution in [0.4, 0.5) is 0 Å². The lowest BCUT2D eigenvalue weighted by Gasteiger charge is -2.18. The van der Waals surface area contributed by atoms with Crippen LogP contribution in [0.2, 0.25) is 0 Å². The third-order valence-electron chi connectivity index (χ3n) is 14.3. The van der Waals surface area contributed by atoms with E-state index in [4.69, 9.17) is 14.2 Å². The highest BCUT2D eigenvalue weighted by atomic mass is 16.6. The zero-order valence-corrected chi connectivity index (χ0v) is 48.9. The fourth-order valence-electron chi connectivity index (χ4n) is 9.56. The van der Waals surface area contributed by atoms with Crippen molar-refractivity contribution in [3.05, 3.63) is 48.6 Å². The van der Waals surface area contributed by atoms with Gasteiger partial charge in [-0.1, -0.05) is 313 Å². The van der Waals surface area contributed by atoms with E-state index in [-0.39, 0.29) is 31.1 Å². The number of unbranched alkanes of at least 4 members (excludes halogenated alkanes) is 40. The highest BCUT2D eigenvalue weighted by Gasteiger charge is 2.19. The number of esters is 3. The molecule has 0 aromatic carbocycles. The molecule has 0 radical (unpaired) electrons. The van der Waals surface area contributed by atoms with E-state index in [1.54, 1.807) is 0 Å². The fraction of sp³-hybridized carbons (Fsp3) is 0.836. The van der Waals surface area contributed by atoms with Crippen LogP contribution in [0.3, 0.4) is 0 Å². The summed E-state index contributed by atoms with van der Waals surface area (Å²) < 4.78 is 16.9. The first-order chi connectivity index (χ1) is 36.0. The predicted molar refractivity (Wildman–Crippen MR) is 316 cm³/mol. The lowest BCUT2D eigenvalue weighted by atomic mass is 10.0. The van der Waals surface area contributed by atoms with Gasteiger partial charge in [0.1, 0.15) is 13.2 Å². The topological polar surface area (TPSA) is 78.9 Å². The monoisotopic (exact) mass is 1020 g/mol. The molecule has 0 saturated heterocycles. The molecule has 1 atom stereocenters. The summed E-state index contributed by atoms with van der Waals surface area (Å²) in [4.78, 5) is 38.3. The van der Waals surface area contributed by atoms with Crippen molar-refractivity contribution in [1.82, 2.24) is 0 Å². The minimum Gasteiger partial charge on any atom is -0.462 e. The molecule has 0 heterocycles. The summed E-state index contributed by atoms with van der Waals surface area (Å²) in [5, 5.41) is 0. The van der Waals surface area contributed by atoms with Gasteiger partial charge in [0.05, 0.1) is 0 Å². The summed E-state index contributed by atoms with van der Waals surface area (Å²) in [5.74, 6) is -0.844. The molecule has 6 heteroatoms. The third kappa shape index (κ3) is 60.1. The third-order valence-corrected chi connectivity index (χ3v) is 14.3. The maximum absolute atomic E-state index is 12.9. The van der Waals surface area contributed by atoms with Crippen molar-refractivity contribution in [1.29, 1.82) is 0 Å². The van der Waals surface area contributed by atoms with Gasteiger partial charge >= 0.3 is 17.9 Å². The first-order valence-electron chi connectivity index (χ1n) is 32.1. The lowest BCUT2D eigenvalue weighted by molar-refractivity contribution is -0.167. The van der Waals surface area contributed by atoms with Gasteiger partial charge in [-0.2, -0.15) is 0 Å². The normalized spacial score (nSPS) is 12.3. The second-order valence-electron chi connectivity index (χ2n) is 21.7. The van der Waals surface area contributed by atoms with Crippen LogP contribution < -0.4 is 0 Å². The van der Waals surface area contributed by atoms with Crippen LogP contribution >= 0.6 is 0 Å². The van der Waals surface area contributed by atoms with E-state index >= 15 is 0 Å². The summed E-state index contributed by atoms with van der Waals surface area (Å²) in [6.07, 6.45) is 76.9. The van der Waals surface area contributed by atoms with Crippen molar-refractivity contribution in [2.45, 2.75) is 348 Å². The molecule has 0 aromatic rings. The van der Waals surface area contributed by atoms with Crippen LogP contribution in [0.15, 0.2) is 48.6 Å². The average Bonchev–Trinajstić information content (AvgIpc) is 3.39. The minimum atomic E-state index is -0.768. The Labute approximate surface area is 454 Å². The van der Waals surface area contributed by atoms with E-state index in [9.17, 15) is 14.4 Å². The van der Waals surface area contributed by atoms with Gasteiger partial charge in [-0.25, -0.2) is 0 Å². The van der Waals surface area contributed by atoms with E-state index in [1.807, 2.05) is 0 Å². The van der Waals surface area contributed by atoms with Crippen LogP contribution in [0.5, 0.6) is 0 Å². The van der Waals surface area contributed by atoms with Crippen molar-refractivity contribution >= 4 is 17.9 Å². The number of carbonyl (C=O) groups excluding carboxylic acids is 3. The summed E-state index contributed by atoms with van der Waals surface area (Å²) in [7, 11) is 0. The van der Waals surface area contributed by atoms with E-state index in [1.165, 1.54) is 218 Å². The number of rotatable bonds is 59. The molecule has 0 saturated carbocycles. The van der Waals surface area contributed by atoms with E-state index in [0.717, 1.165) is 83.5 Å². The largest absolute Gasteiger partial charge is 0.462 e. The molecule has 0 aromatic heterocycles. The number of hydrogen-bond acceptors (Lipinski definition) is 6. The Kier molecular flexibility index (Phi) is 59.7. The van der Waals surface area contributed by atoms with Crippen LogP contribution in [-0.2, 0) is 28.6 Å². The first-order valence-corrected chi connectivity index (χ1v) is 32.1. The minimum absolute atomic E-state index is 0.0666. The molecule has 0 amide bonds. The molecular weight excluding hydrogens is 901 g/mol. The lowest BCUT2D eigenvalue weighted by Crippen LogP contribution is -2.30. The van der Waals surface area contributed by atoms with E-state index in [0.29, 0.717) is 19.3 Å².